The third-order valence-corrected chi connectivity index (χ3v) is 4.67. The van der Waals surface area contributed by atoms with Gasteiger partial charge in [0.15, 0.2) is 17.3 Å². The van der Waals surface area contributed by atoms with Crippen molar-refractivity contribution in [2.75, 3.05) is 5.32 Å². The van der Waals surface area contributed by atoms with Gasteiger partial charge in [0.25, 0.3) is 0 Å². The zero-order chi connectivity index (χ0) is 21.1. The fourth-order valence-corrected chi connectivity index (χ4v) is 3.24. The summed E-state index contributed by atoms with van der Waals surface area (Å²) in [6.45, 7) is 3.98. The Balaban J connectivity index is 1.74. The van der Waals surface area contributed by atoms with Gasteiger partial charge in [0.05, 0.1) is 5.02 Å². The number of nitrogens with zero attached hydrogens (tertiary/aromatic N) is 3. The molecule has 0 aliphatic heterocycles. The van der Waals surface area contributed by atoms with E-state index >= 15 is 0 Å². The molecule has 2 N–H and O–H groups in total. The number of halogens is 1. The lowest BCUT2D eigenvalue weighted by atomic mass is 10.1. The van der Waals surface area contributed by atoms with E-state index in [2.05, 4.69) is 25.3 Å². The number of imidazole rings is 1. The smallest absolute Gasteiger partial charge is 0.227 e. The summed E-state index contributed by atoms with van der Waals surface area (Å²) in [6.07, 6.45) is 5.39. The lowest BCUT2D eigenvalue weighted by Gasteiger charge is -2.07. The zero-order valence-corrected chi connectivity index (χ0v) is 17.3. The minimum Gasteiger partial charge on any atom is -0.435 e. The van der Waals surface area contributed by atoms with Gasteiger partial charge in [0.2, 0.25) is 11.8 Å². The summed E-state index contributed by atoms with van der Waals surface area (Å²) in [5.74, 6) is 2.06. The van der Waals surface area contributed by atoms with Crippen molar-refractivity contribution in [1.29, 1.82) is 0 Å². The van der Waals surface area contributed by atoms with Crippen LogP contribution in [0.2, 0.25) is 5.02 Å². The predicted molar refractivity (Wildman–Crippen MR) is 116 cm³/mol. The molecule has 3 heterocycles. The van der Waals surface area contributed by atoms with Crippen molar-refractivity contribution in [2.45, 2.75) is 20.3 Å². The van der Waals surface area contributed by atoms with Gasteiger partial charge in [-0.2, -0.15) is 0 Å². The topological polar surface area (TPSA) is 96.7 Å². The highest BCUT2D eigenvalue weighted by molar-refractivity contribution is 6.33. The molecule has 0 radical (unpaired) electrons. The standard InChI is InChI=1S/C22H20ClN5O2/c1-13(2)11-18(29)27-17-12-14(7-8-24-17)22-28-19(21-25-9-10-26-21)20(30-22)15-5-3-4-6-16(15)23/h3-10,12-13H,11H2,1-2H3,(H,25,26)(H,24,27,29). The van der Waals surface area contributed by atoms with E-state index in [0.29, 0.717) is 51.6 Å². The number of rotatable bonds is 6. The average molecular weight is 422 g/mol. The Bertz CT molecular complexity index is 1170. The molecular weight excluding hydrogens is 402 g/mol. The van der Waals surface area contributed by atoms with Gasteiger partial charge in [-0.3, -0.25) is 4.79 Å². The van der Waals surface area contributed by atoms with Gasteiger partial charge in [-0.05, 0) is 30.2 Å². The van der Waals surface area contributed by atoms with E-state index in [1.807, 2.05) is 32.0 Å². The first-order valence-corrected chi connectivity index (χ1v) is 9.91. The van der Waals surface area contributed by atoms with Gasteiger partial charge < -0.3 is 14.7 Å². The van der Waals surface area contributed by atoms with Crippen LogP contribution in [-0.2, 0) is 4.79 Å². The zero-order valence-electron chi connectivity index (χ0n) is 16.5. The highest BCUT2D eigenvalue weighted by Crippen LogP contribution is 2.37. The summed E-state index contributed by atoms with van der Waals surface area (Å²) in [5.41, 5.74) is 1.94. The van der Waals surface area contributed by atoms with Gasteiger partial charge in [-0.1, -0.05) is 37.6 Å². The Labute approximate surface area is 178 Å². The number of nitrogens with one attached hydrogen (secondary N) is 2. The van der Waals surface area contributed by atoms with E-state index in [-0.39, 0.29) is 11.8 Å². The van der Waals surface area contributed by atoms with E-state index in [9.17, 15) is 4.79 Å². The fraction of sp³-hybridized carbons (Fsp3) is 0.182. The van der Waals surface area contributed by atoms with Crippen LogP contribution in [0.15, 0.2) is 59.4 Å². The maximum Gasteiger partial charge on any atom is 0.227 e. The van der Waals surface area contributed by atoms with Crippen molar-refractivity contribution in [2.24, 2.45) is 5.92 Å². The molecule has 4 rings (SSSR count). The number of H-pyrrole nitrogens is 1. The average Bonchev–Trinajstić information content (AvgIpc) is 3.38. The second kappa shape index (κ2) is 8.51. The SMILES string of the molecule is CC(C)CC(=O)Nc1cc(-c2nc(-c3ncc[nH]3)c(-c3ccccc3Cl)o2)ccn1. The van der Waals surface area contributed by atoms with Crippen LogP contribution in [0.3, 0.4) is 0 Å². The Hall–Kier alpha value is -3.45. The Morgan fingerprint density at radius 2 is 2.03 bits per heavy atom. The van der Waals surface area contributed by atoms with Crippen LogP contribution in [0.5, 0.6) is 0 Å². The van der Waals surface area contributed by atoms with E-state index < -0.39 is 0 Å². The van der Waals surface area contributed by atoms with Crippen molar-refractivity contribution in [1.82, 2.24) is 19.9 Å². The summed E-state index contributed by atoms with van der Waals surface area (Å²) >= 11 is 6.40. The molecule has 0 fully saturated rings. The van der Waals surface area contributed by atoms with E-state index in [0.717, 1.165) is 0 Å². The molecule has 0 saturated carbocycles. The Morgan fingerprint density at radius 3 is 2.77 bits per heavy atom. The minimum atomic E-state index is -0.0879. The van der Waals surface area contributed by atoms with Crippen LogP contribution < -0.4 is 5.32 Å². The summed E-state index contributed by atoms with van der Waals surface area (Å²) in [4.78, 5) is 28.3. The first-order valence-electron chi connectivity index (χ1n) is 9.53. The first kappa shape index (κ1) is 19.8. The number of amides is 1. The number of benzene rings is 1. The molecule has 8 heteroatoms. The maximum atomic E-state index is 12.1. The van der Waals surface area contributed by atoms with Gasteiger partial charge in [-0.15, -0.1) is 0 Å². The number of carbonyl (C=O) groups excluding carboxylic acids is 1. The second-order valence-electron chi connectivity index (χ2n) is 7.19. The van der Waals surface area contributed by atoms with Crippen molar-refractivity contribution in [3.8, 4) is 34.3 Å². The molecule has 0 aliphatic carbocycles. The highest BCUT2D eigenvalue weighted by atomic mass is 35.5. The number of oxazole rings is 1. The monoisotopic (exact) mass is 421 g/mol. The predicted octanol–water partition coefficient (Wildman–Crippen LogP) is 5.43. The van der Waals surface area contributed by atoms with Crippen LogP contribution in [0.4, 0.5) is 5.82 Å². The third kappa shape index (κ3) is 4.26. The highest BCUT2D eigenvalue weighted by Gasteiger charge is 2.21. The van der Waals surface area contributed by atoms with Crippen molar-refractivity contribution < 1.29 is 9.21 Å². The minimum absolute atomic E-state index is 0.0879. The van der Waals surface area contributed by atoms with E-state index in [1.54, 1.807) is 36.8 Å². The van der Waals surface area contributed by atoms with Crippen LogP contribution in [0.1, 0.15) is 20.3 Å². The molecule has 0 unspecified atom stereocenters. The molecule has 0 saturated heterocycles. The van der Waals surface area contributed by atoms with Crippen molar-refractivity contribution in [3.05, 3.63) is 60.0 Å². The molecule has 0 spiro atoms. The van der Waals surface area contributed by atoms with Gasteiger partial charge in [0.1, 0.15) is 5.82 Å². The number of aromatic amines is 1. The summed E-state index contributed by atoms with van der Waals surface area (Å²) in [7, 11) is 0. The largest absolute Gasteiger partial charge is 0.435 e. The van der Waals surface area contributed by atoms with E-state index in [1.165, 1.54) is 0 Å². The Morgan fingerprint density at radius 1 is 1.20 bits per heavy atom. The number of carbonyl (C=O) groups is 1. The number of pyridine rings is 1. The molecule has 152 valence electrons. The van der Waals surface area contributed by atoms with Crippen molar-refractivity contribution >= 4 is 23.3 Å². The molecular formula is C22H20ClN5O2. The third-order valence-electron chi connectivity index (χ3n) is 4.34. The van der Waals surface area contributed by atoms with Gasteiger partial charge in [0, 0.05) is 36.1 Å². The number of aromatic nitrogens is 4. The summed E-state index contributed by atoms with van der Waals surface area (Å²) in [5, 5.41) is 3.36. The summed E-state index contributed by atoms with van der Waals surface area (Å²) < 4.78 is 6.12. The maximum absolute atomic E-state index is 12.1. The van der Waals surface area contributed by atoms with Crippen LogP contribution in [-0.4, -0.2) is 25.8 Å². The quantitative estimate of drug-likeness (QED) is 0.432. The van der Waals surface area contributed by atoms with Crippen LogP contribution in [0.25, 0.3) is 34.3 Å². The van der Waals surface area contributed by atoms with Gasteiger partial charge in [-0.25, -0.2) is 15.0 Å². The lowest BCUT2D eigenvalue weighted by Crippen LogP contribution is -2.14. The Kier molecular flexibility index (Phi) is 5.63. The number of hydrogen-bond acceptors (Lipinski definition) is 5. The van der Waals surface area contributed by atoms with Gasteiger partial charge >= 0.3 is 0 Å². The lowest BCUT2D eigenvalue weighted by molar-refractivity contribution is -0.116. The van der Waals surface area contributed by atoms with Crippen LogP contribution >= 0.6 is 11.6 Å². The van der Waals surface area contributed by atoms with E-state index in [4.69, 9.17) is 16.0 Å². The summed E-state index contributed by atoms with van der Waals surface area (Å²) in [6, 6.07) is 10.9. The second-order valence-corrected chi connectivity index (χ2v) is 7.60. The molecule has 0 aliphatic rings. The molecule has 1 amide bonds. The molecule has 7 nitrogen and oxygen atoms in total. The normalized spacial score (nSPS) is 11.1. The number of hydrogen-bond donors (Lipinski definition) is 2. The molecule has 0 atom stereocenters. The molecule has 4 aromatic rings. The number of anilines is 1. The molecule has 0 bridgehead atoms. The molecule has 3 aromatic heterocycles. The fourth-order valence-electron chi connectivity index (χ4n) is 3.02. The van der Waals surface area contributed by atoms with Crippen molar-refractivity contribution in [3.63, 3.8) is 0 Å². The molecule has 30 heavy (non-hydrogen) atoms. The molecule has 1 aromatic carbocycles. The first-order chi connectivity index (χ1) is 14.5. The van der Waals surface area contributed by atoms with Crippen LogP contribution in [0, 0.1) is 5.92 Å².